The van der Waals surface area contributed by atoms with E-state index in [1.165, 1.54) is 23.9 Å². The number of fused-ring (bicyclic) bond motifs is 1. The van der Waals surface area contributed by atoms with E-state index in [1.807, 2.05) is 19.1 Å². The average Bonchev–Trinajstić information content (AvgIpc) is 3.18. The van der Waals surface area contributed by atoms with Crippen molar-refractivity contribution in [3.63, 3.8) is 0 Å². The van der Waals surface area contributed by atoms with Crippen molar-refractivity contribution in [1.82, 2.24) is 14.3 Å². The number of hydrogen-bond donors (Lipinski definition) is 0. The summed E-state index contributed by atoms with van der Waals surface area (Å²) in [5.74, 6) is 0.148. The summed E-state index contributed by atoms with van der Waals surface area (Å²) in [5.41, 5.74) is 2.62. The predicted molar refractivity (Wildman–Crippen MR) is 156 cm³/mol. The van der Waals surface area contributed by atoms with Gasteiger partial charge in [-0.15, -0.1) is 0 Å². The smallest absolute Gasteiger partial charge is 0.267 e. The minimum Gasteiger partial charge on any atom is -0.368 e. The Hall–Kier alpha value is -3.24. The third-order valence-electron chi connectivity index (χ3n) is 6.89. The van der Waals surface area contributed by atoms with Gasteiger partial charge in [0.05, 0.1) is 10.5 Å². The number of aromatic nitrogens is 2. The molecule has 1 aromatic carbocycles. The van der Waals surface area contributed by atoms with Crippen molar-refractivity contribution in [3.05, 3.63) is 74.8 Å². The Morgan fingerprint density at radius 3 is 2.45 bits per heavy atom. The SMILES string of the molecule is CCCCCN1C(=O)C(=Cc2c(N3CCN(c4ccc(F)cc4)CC3)nc3ccc(C)cn3c2=O)SC1=S. The standard InChI is InChI=1S/C28H30FN5O2S2/c1-3-4-5-12-33-27(36)23(38-28(33)37)17-22-25(30-24-11-6-19(2)18-34(24)26(22)35)32-15-13-31(14-16-32)21-9-7-20(29)8-10-21/h6-11,17-18H,3-5,12-16H2,1-2H3. The second-order valence-corrected chi connectivity index (χ2v) is 11.3. The van der Waals surface area contributed by atoms with Gasteiger partial charge in [-0.25, -0.2) is 9.37 Å². The number of pyridine rings is 1. The topological polar surface area (TPSA) is 61.2 Å². The number of thioether (sulfide) groups is 1. The molecular weight excluding hydrogens is 521 g/mol. The van der Waals surface area contributed by atoms with E-state index >= 15 is 0 Å². The first-order valence-electron chi connectivity index (χ1n) is 12.9. The van der Waals surface area contributed by atoms with E-state index in [1.54, 1.807) is 33.7 Å². The molecule has 38 heavy (non-hydrogen) atoms. The molecule has 0 N–H and O–H groups in total. The molecule has 0 aliphatic carbocycles. The molecule has 5 rings (SSSR count). The number of hydrogen-bond acceptors (Lipinski definition) is 7. The van der Waals surface area contributed by atoms with E-state index in [4.69, 9.17) is 17.2 Å². The van der Waals surface area contributed by atoms with Crippen LogP contribution < -0.4 is 15.4 Å². The molecule has 2 aliphatic heterocycles. The minimum absolute atomic E-state index is 0.156. The van der Waals surface area contributed by atoms with Crippen molar-refractivity contribution < 1.29 is 9.18 Å². The van der Waals surface area contributed by atoms with Gasteiger partial charge >= 0.3 is 0 Å². The number of nitrogens with zero attached hydrogens (tertiary/aromatic N) is 5. The van der Waals surface area contributed by atoms with Crippen LogP contribution in [0.5, 0.6) is 0 Å². The highest BCUT2D eigenvalue weighted by Gasteiger charge is 2.33. The Kier molecular flexibility index (Phi) is 7.80. The summed E-state index contributed by atoms with van der Waals surface area (Å²) in [4.78, 5) is 38.2. The summed E-state index contributed by atoms with van der Waals surface area (Å²) >= 11 is 6.74. The summed E-state index contributed by atoms with van der Waals surface area (Å²) in [6, 6.07) is 10.3. The van der Waals surface area contributed by atoms with Gasteiger partial charge in [0.15, 0.2) is 0 Å². The third-order valence-corrected chi connectivity index (χ3v) is 8.27. The highest BCUT2D eigenvalue weighted by molar-refractivity contribution is 8.26. The molecule has 0 radical (unpaired) electrons. The largest absolute Gasteiger partial charge is 0.368 e. The number of carbonyl (C=O) groups excluding carboxylic acids is 1. The van der Waals surface area contributed by atoms with Crippen LogP contribution in [0.1, 0.15) is 37.3 Å². The molecule has 3 aromatic rings. The maximum Gasteiger partial charge on any atom is 0.267 e. The molecule has 0 spiro atoms. The quantitative estimate of drug-likeness (QED) is 0.236. The molecule has 0 bridgehead atoms. The number of aryl methyl sites for hydroxylation is 1. The second-order valence-electron chi connectivity index (χ2n) is 9.58. The van der Waals surface area contributed by atoms with E-state index in [0.29, 0.717) is 59.0 Å². The lowest BCUT2D eigenvalue weighted by atomic mass is 10.2. The number of carbonyl (C=O) groups is 1. The summed E-state index contributed by atoms with van der Waals surface area (Å²) in [5, 5.41) is 0. The van der Waals surface area contributed by atoms with E-state index in [0.717, 1.165) is 30.5 Å². The molecule has 4 heterocycles. The molecule has 0 saturated carbocycles. The zero-order chi connectivity index (χ0) is 26.8. The van der Waals surface area contributed by atoms with Gasteiger partial charge in [0.1, 0.15) is 21.6 Å². The van der Waals surface area contributed by atoms with Crippen molar-refractivity contribution in [3.8, 4) is 0 Å². The fourth-order valence-electron chi connectivity index (χ4n) is 4.79. The van der Waals surface area contributed by atoms with E-state index in [9.17, 15) is 14.0 Å². The minimum atomic E-state index is -0.260. The van der Waals surface area contributed by atoms with Crippen molar-refractivity contribution >= 4 is 57.4 Å². The molecule has 7 nitrogen and oxygen atoms in total. The zero-order valence-corrected chi connectivity index (χ0v) is 23.2. The van der Waals surface area contributed by atoms with Gasteiger partial charge < -0.3 is 9.80 Å². The number of unbranched alkanes of at least 4 members (excludes halogenated alkanes) is 2. The Morgan fingerprint density at radius 1 is 1.03 bits per heavy atom. The van der Waals surface area contributed by atoms with Gasteiger partial charge in [0, 0.05) is 44.6 Å². The summed E-state index contributed by atoms with van der Waals surface area (Å²) in [6.45, 7) is 7.28. The maximum absolute atomic E-state index is 13.8. The third kappa shape index (κ3) is 5.33. The number of piperazine rings is 1. The second kappa shape index (κ2) is 11.2. The fraction of sp³-hybridized carbons (Fsp3) is 0.357. The van der Waals surface area contributed by atoms with Crippen LogP contribution in [0.25, 0.3) is 11.7 Å². The van der Waals surface area contributed by atoms with Crippen LogP contribution in [0.4, 0.5) is 15.9 Å². The molecule has 198 valence electrons. The van der Waals surface area contributed by atoms with Crippen LogP contribution in [-0.4, -0.2) is 57.2 Å². The molecule has 10 heteroatoms. The normalized spacial score (nSPS) is 17.3. The van der Waals surface area contributed by atoms with Crippen LogP contribution in [0.15, 0.2) is 52.3 Å². The Morgan fingerprint density at radius 2 is 1.74 bits per heavy atom. The van der Waals surface area contributed by atoms with Gasteiger partial charge in [-0.05, 0) is 55.3 Å². The first-order valence-corrected chi connectivity index (χ1v) is 14.1. The first-order chi connectivity index (χ1) is 18.4. The highest BCUT2D eigenvalue weighted by Crippen LogP contribution is 2.34. The molecule has 0 unspecified atom stereocenters. The lowest BCUT2D eigenvalue weighted by Gasteiger charge is -2.37. The van der Waals surface area contributed by atoms with Gasteiger partial charge in [0.2, 0.25) is 0 Å². The molecule has 2 aliphatic rings. The van der Waals surface area contributed by atoms with E-state index in [2.05, 4.69) is 16.7 Å². The van der Waals surface area contributed by atoms with Crippen LogP contribution in [0, 0.1) is 12.7 Å². The van der Waals surface area contributed by atoms with Gasteiger partial charge in [-0.3, -0.25) is 18.9 Å². The molecule has 2 aromatic heterocycles. The monoisotopic (exact) mass is 551 g/mol. The van der Waals surface area contributed by atoms with Crippen LogP contribution in [0.3, 0.4) is 0 Å². The summed E-state index contributed by atoms with van der Waals surface area (Å²) in [6.07, 6.45) is 6.42. The molecule has 0 atom stereocenters. The van der Waals surface area contributed by atoms with Crippen molar-refractivity contribution in [2.45, 2.75) is 33.1 Å². The molecule has 2 saturated heterocycles. The van der Waals surface area contributed by atoms with Crippen LogP contribution in [0.2, 0.25) is 0 Å². The van der Waals surface area contributed by atoms with Crippen molar-refractivity contribution in [1.29, 1.82) is 0 Å². The van der Waals surface area contributed by atoms with Gasteiger partial charge in [-0.1, -0.05) is 49.8 Å². The van der Waals surface area contributed by atoms with Gasteiger partial charge in [0.25, 0.3) is 11.5 Å². The molecule has 1 amide bonds. The van der Waals surface area contributed by atoms with Crippen LogP contribution >= 0.6 is 24.0 Å². The number of benzene rings is 1. The first kappa shape index (κ1) is 26.4. The summed E-state index contributed by atoms with van der Waals surface area (Å²) in [7, 11) is 0. The predicted octanol–water partition coefficient (Wildman–Crippen LogP) is 4.86. The average molecular weight is 552 g/mol. The number of rotatable bonds is 7. The number of amides is 1. The number of thiocarbonyl (C=S) groups is 1. The van der Waals surface area contributed by atoms with Crippen molar-refractivity contribution in [2.75, 3.05) is 42.5 Å². The maximum atomic E-state index is 13.8. The molecule has 2 fully saturated rings. The number of anilines is 2. The fourth-order valence-corrected chi connectivity index (χ4v) is 6.08. The Labute approximate surface area is 230 Å². The van der Waals surface area contributed by atoms with Crippen molar-refractivity contribution in [2.24, 2.45) is 0 Å². The number of halogens is 1. The van der Waals surface area contributed by atoms with Crippen LogP contribution in [-0.2, 0) is 4.79 Å². The molecular formula is C28H30FN5O2S2. The lowest BCUT2D eigenvalue weighted by molar-refractivity contribution is -0.122. The van der Waals surface area contributed by atoms with E-state index in [-0.39, 0.29) is 17.3 Å². The highest BCUT2D eigenvalue weighted by atomic mass is 32.2. The Bertz CT molecular complexity index is 1460. The van der Waals surface area contributed by atoms with E-state index < -0.39 is 0 Å². The zero-order valence-electron chi connectivity index (χ0n) is 21.5. The summed E-state index contributed by atoms with van der Waals surface area (Å²) < 4.78 is 15.5. The Balaban J connectivity index is 1.49. The lowest BCUT2D eigenvalue weighted by Crippen LogP contribution is -2.47. The van der Waals surface area contributed by atoms with Gasteiger partial charge in [-0.2, -0.15) is 0 Å².